The van der Waals surface area contributed by atoms with Crippen LogP contribution in [0.1, 0.15) is 50.5 Å². The van der Waals surface area contributed by atoms with Gasteiger partial charge in [-0.1, -0.05) is 43.2 Å². The molecule has 170 valence electrons. The fraction of sp³-hybridized carbons (Fsp3) is 0.571. The maximum Gasteiger partial charge on any atom is 0.475 e. The Labute approximate surface area is 183 Å². The van der Waals surface area contributed by atoms with Gasteiger partial charge in [0, 0.05) is 13.1 Å². The monoisotopic (exact) mass is 431 g/mol. The fourth-order valence-electron chi connectivity index (χ4n) is 3.97. The number of nitrogens with zero attached hydrogens (tertiary/aromatic N) is 1. The van der Waals surface area contributed by atoms with Crippen LogP contribution < -0.4 is 22.1 Å². The summed E-state index contributed by atoms with van der Waals surface area (Å²) in [5.41, 5.74) is 10.6. The highest BCUT2D eigenvalue weighted by Gasteiger charge is 2.48. The molecule has 2 amide bonds. The van der Waals surface area contributed by atoms with Crippen molar-refractivity contribution in [3.63, 3.8) is 0 Å². The minimum absolute atomic E-state index is 0.0426. The first-order valence-electron chi connectivity index (χ1n) is 10.9. The van der Waals surface area contributed by atoms with Crippen molar-refractivity contribution in [3.8, 4) is 0 Å². The fourth-order valence-corrected chi connectivity index (χ4v) is 3.97. The van der Waals surface area contributed by atoms with Crippen LogP contribution in [-0.4, -0.2) is 54.0 Å². The Bertz CT molecular complexity index is 735. The Balaban J connectivity index is 1.90. The number of hydrogen-bond donors (Lipinski definition) is 6. The zero-order valence-electron chi connectivity index (χ0n) is 17.9. The van der Waals surface area contributed by atoms with Gasteiger partial charge in [0.15, 0.2) is 5.96 Å². The molecule has 1 aromatic rings. The molecule has 0 aliphatic heterocycles. The molecule has 8 N–H and O–H groups in total. The third-order valence-electron chi connectivity index (χ3n) is 5.74. The van der Waals surface area contributed by atoms with E-state index in [4.69, 9.17) is 11.5 Å². The van der Waals surface area contributed by atoms with Crippen LogP contribution in [-0.2, 0) is 16.0 Å². The predicted molar refractivity (Wildman–Crippen MR) is 121 cm³/mol. The summed E-state index contributed by atoms with van der Waals surface area (Å²) in [5.74, 6) is -1.68. The maximum atomic E-state index is 13.1. The standard InChI is InChI=1S/C21H34BN5O4/c23-20(24)26-15-7-11-17(22(30)31)27-19(29)21(12-4-5-13-21)18(28)25-14-6-10-16-8-2-1-3-9-16/h1-3,8-9,17,30-31H,4-7,10-15H2,(H,25,28)(H,27,29)(H4,23,24,26). The first-order chi connectivity index (χ1) is 14.8. The summed E-state index contributed by atoms with van der Waals surface area (Å²) >= 11 is 0. The molecular weight excluding hydrogens is 397 g/mol. The number of carbonyl (C=O) groups is 2. The number of guanidine groups is 1. The number of carbonyl (C=O) groups excluding carboxylic acids is 2. The molecule has 0 radical (unpaired) electrons. The van der Waals surface area contributed by atoms with Crippen molar-refractivity contribution in [2.45, 2.75) is 57.3 Å². The lowest BCUT2D eigenvalue weighted by atomic mass is 9.75. The van der Waals surface area contributed by atoms with Gasteiger partial charge in [0.2, 0.25) is 11.8 Å². The largest absolute Gasteiger partial charge is 0.475 e. The van der Waals surface area contributed by atoms with Gasteiger partial charge in [-0.2, -0.15) is 0 Å². The molecule has 0 spiro atoms. The number of rotatable bonds is 12. The first kappa shape index (κ1) is 24.7. The minimum Gasteiger partial charge on any atom is -0.426 e. The van der Waals surface area contributed by atoms with Gasteiger partial charge in [-0.3, -0.25) is 14.6 Å². The normalized spacial score (nSPS) is 15.7. The molecule has 1 atom stereocenters. The molecule has 1 aliphatic carbocycles. The Kier molecular flexibility index (Phi) is 9.80. The quantitative estimate of drug-likeness (QED) is 0.0886. The van der Waals surface area contributed by atoms with E-state index >= 15 is 0 Å². The molecule has 1 aromatic carbocycles. The van der Waals surface area contributed by atoms with Crippen LogP contribution in [0.4, 0.5) is 0 Å². The van der Waals surface area contributed by atoms with Crippen molar-refractivity contribution in [1.29, 1.82) is 0 Å². The molecule has 2 rings (SSSR count). The lowest BCUT2D eigenvalue weighted by Gasteiger charge is -2.29. The van der Waals surface area contributed by atoms with E-state index in [2.05, 4.69) is 15.6 Å². The maximum absolute atomic E-state index is 13.1. The zero-order chi connectivity index (χ0) is 22.7. The number of aliphatic imine (C=N–C) groups is 1. The van der Waals surface area contributed by atoms with Gasteiger partial charge >= 0.3 is 7.12 Å². The van der Waals surface area contributed by atoms with Gasteiger partial charge in [-0.15, -0.1) is 0 Å². The van der Waals surface area contributed by atoms with E-state index in [1.807, 2.05) is 30.3 Å². The Hall–Kier alpha value is -2.59. The van der Waals surface area contributed by atoms with Crippen LogP contribution in [0.5, 0.6) is 0 Å². The van der Waals surface area contributed by atoms with E-state index < -0.39 is 24.4 Å². The van der Waals surface area contributed by atoms with E-state index in [0.717, 1.165) is 25.7 Å². The molecule has 31 heavy (non-hydrogen) atoms. The van der Waals surface area contributed by atoms with Gasteiger partial charge in [0.25, 0.3) is 0 Å². The van der Waals surface area contributed by atoms with Crippen molar-refractivity contribution in [3.05, 3.63) is 35.9 Å². The van der Waals surface area contributed by atoms with E-state index in [1.54, 1.807) is 0 Å². The number of amides is 2. The number of nitrogens with two attached hydrogens (primary N) is 2. The highest BCUT2D eigenvalue weighted by molar-refractivity contribution is 6.43. The molecule has 10 heteroatoms. The highest BCUT2D eigenvalue weighted by atomic mass is 16.4. The van der Waals surface area contributed by atoms with E-state index in [9.17, 15) is 19.6 Å². The SMILES string of the molecule is NC(N)=NCCCC(NC(=O)C1(C(=O)NCCCc2ccccc2)CCCC1)B(O)O. The van der Waals surface area contributed by atoms with Crippen LogP contribution >= 0.6 is 0 Å². The average Bonchev–Trinajstić information content (AvgIpc) is 3.25. The Morgan fingerprint density at radius 1 is 1.10 bits per heavy atom. The summed E-state index contributed by atoms with van der Waals surface area (Å²) in [4.78, 5) is 29.9. The molecule has 1 unspecified atom stereocenters. The molecular formula is C21H34BN5O4. The third-order valence-corrected chi connectivity index (χ3v) is 5.74. The Morgan fingerprint density at radius 2 is 1.77 bits per heavy atom. The summed E-state index contributed by atoms with van der Waals surface area (Å²) < 4.78 is 0. The van der Waals surface area contributed by atoms with Crippen LogP contribution in [0.2, 0.25) is 0 Å². The summed E-state index contributed by atoms with van der Waals surface area (Å²) in [6.45, 7) is 0.793. The summed E-state index contributed by atoms with van der Waals surface area (Å²) in [6.07, 6.45) is 4.81. The molecule has 1 aliphatic rings. The molecule has 1 fully saturated rings. The van der Waals surface area contributed by atoms with Crippen molar-refractivity contribution in [1.82, 2.24) is 10.6 Å². The molecule has 0 saturated heterocycles. The van der Waals surface area contributed by atoms with Gasteiger partial charge in [-0.05, 0) is 44.1 Å². The molecule has 9 nitrogen and oxygen atoms in total. The van der Waals surface area contributed by atoms with Crippen molar-refractivity contribution < 1.29 is 19.6 Å². The van der Waals surface area contributed by atoms with Gasteiger partial charge in [0.05, 0.1) is 5.94 Å². The molecule has 0 heterocycles. The number of benzene rings is 1. The predicted octanol–water partition coefficient (Wildman–Crippen LogP) is -0.154. The smallest absolute Gasteiger partial charge is 0.426 e. The lowest BCUT2D eigenvalue weighted by molar-refractivity contribution is -0.143. The van der Waals surface area contributed by atoms with Crippen molar-refractivity contribution >= 4 is 24.9 Å². The van der Waals surface area contributed by atoms with Gasteiger partial charge in [-0.25, -0.2) is 0 Å². The highest BCUT2D eigenvalue weighted by Crippen LogP contribution is 2.39. The van der Waals surface area contributed by atoms with Gasteiger partial charge in [0.1, 0.15) is 5.41 Å². The summed E-state index contributed by atoms with van der Waals surface area (Å²) in [5, 5.41) is 24.9. The average molecular weight is 431 g/mol. The third kappa shape index (κ3) is 7.55. The number of hydrogen-bond acceptors (Lipinski definition) is 5. The number of nitrogens with one attached hydrogen (secondary N) is 2. The lowest BCUT2D eigenvalue weighted by Crippen LogP contribution is -2.55. The van der Waals surface area contributed by atoms with Crippen molar-refractivity contribution in [2.75, 3.05) is 13.1 Å². The van der Waals surface area contributed by atoms with Crippen LogP contribution in [0.3, 0.4) is 0 Å². The summed E-state index contributed by atoms with van der Waals surface area (Å²) in [7, 11) is -1.74. The molecule has 0 aromatic heterocycles. The van der Waals surface area contributed by atoms with Crippen molar-refractivity contribution in [2.24, 2.45) is 21.9 Å². The topological polar surface area (TPSA) is 163 Å². The van der Waals surface area contributed by atoms with Crippen LogP contribution in [0.15, 0.2) is 35.3 Å². The second kappa shape index (κ2) is 12.3. The summed E-state index contributed by atoms with van der Waals surface area (Å²) in [6, 6.07) is 10.0. The van der Waals surface area contributed by atoms with Crippen LogP contribution in [0.25, 0.3) is 0 Å². The minimum atomic E-state index is -1.74. The van der Waals surface area contributed by atoms with E-state index in [1.165, 1.54) is 5.56 Å². The first-order valence-corrected chi connectivity index (χ1v) is 10.9. The van der Waals surface area contributed by atoms with Gasteiger partial charge < -0.3 is 32.1 Å². The second-order valence-corrected chi connectivity index (χ2v) is 8.08. The van der Waals surface area contributed by atoms with Crippen LogP contribution in [0, 0.1) is 5.41 Å². The van der Waals surface area contributed by atoms with E-state index in [-0.39, 0.29) is 18.3 Å². The zero-order valence-corrected chi connectivity index (χ0v) is 17.9. The Morgan fingerprint density at radius 3 is 2.39 bits per heavy atom. The number of aryl methyl sites for hydroxylation is 1. The van der Waals surface area contributed by atoms with E-state index in [0.29, 0.717) is 32.4 Å². The molecule has 0 bridgehead atoms. The molecule has 1 saturated carbocycles. The second-order valence-electron chi connectivity index (χ2n) is 8.08.